The van der Waals surface area contributed by atoms with Gasteiger partial charge in [0, 0.05) is 6.04 Å². The van der Waals surface area contributed by atoms with E-state index in [1.165, 1.54) is 0 Å². The summed E-state index contributed by atoms with van der Waals surface area (Å²) in [4.78, 5) is 24.7. The van der Waals surface area contributed by atoms with Crippen molar-refractivity contribution >= 4 is 17.5 Å². The zero-order valence-corrected chi connectivity index (χ0v) is 16.4. The Bertz CT molecular complexity index is 787. The zero-order chi connectivity index (χ0) is 19.8. The number of hydrogen-bond acceptors (Lipinski definition) is 3. The van der Waals surface area contributed by atoms with E-state index in [2.05, 4.69) is 24.5 Å². The van der Waals surface area contributed by atoms with Gasteiger partial charge in [-0.2, -0.15) is 0 Å². The monoisotopic (exact) mass is 368 g/mol. The van der Waals surface area contributed by atoms with Crippen LogP contribution in [0.25, 0.3) is 0 Å². The van der Waals surface area contributed by atoms with E-state index in [0.29, 0.717) is 22.9 Å². The van der Waals surface area contributed by atoms with Crippen LogP contribution in [0.3, 0.4) is 0 Å². The SMILES string of the molecule is CCC(C)c1ccccc1OCC(=O)Nc1ccccc1C(=O)NC(C)C. The Labute approximate surface area is 161 Å². The summed E-state index contributed by atoms with van der Waals surface area (Å²) >= 11 is 0. The third-order valence-corrected chi connectivity index (χ3v) is 4.29. The number of anilines is 1. The number of carbonyl (C=O) groups is 2. The van der Waals surface area contributed by atoms with Crippen molar-refractivity contribution in [2.45, 2.75) is 46.1 Å². The van der Waals surface area contributed by atoms with Crippen LogP contribution in [0.2, 0.25) is 0 Å². The Morgan fingerprint density at radius 2 is 1.67 bits per heavy atom. The molecule has 0 heterocycles. The van der Waals surface area contributed by atoms with Crippen LogP contribution in [0.5, 0.6) is 5.75 Å². The summed E-state index contributed by atoms with van der Waals surface area (Å²) in [6, 6.07) is 14.7. The Hall–Kier alpha value is -2.82. The smallest absolute Gasteiger partial charge is 0.262 e. The first-order valence-electron chi connectivity index (χ1n) is 9.33. The van der Waals surface area contributed by atoms with Crippen LogP contribution in [0.1, 0.15) is 56.0 Å². The van der Waals surface area contributed by atoms with Crippen molar-refractivity contribution in [1.82, 2.24) is 5.32 Å². The lowest BCUT2D eigenvalue weighted by Crippen LogP contribution is -2.31. The van der Waals surface area contributed by atoms with Crippen LogP contribution in [-0.2, 0) is 4.79 Å². The average Bonchev–Trinajstić information content (AvgIpc) is 2.65. The lowest BCUT2D eigenvalue weighted by molar-refractivity contribution is -0.118. The molecule has 27 heavy (non-hydrogen) atoms. The van der Waals surface area contributed by atoms with Crippen molar-refractivity contribution in [2.75, 3.05) is 11.9 Å². The standard InChI is InChI=1S/C22H28N2O3/c1-5-16(4)17-10-7-9-13-20(17)27-14-21(25)24-19-12-8-6-11-18(19)22(26)23-15(2)3/h6-13,15-16H,5,14H2,1-4H3,(H,23,26)(H,24,25). The molecule has 2 amide bonds. The summed E-state index contributed by atoms with van der Waals surface area (Å²) in [6.45, 7) is 7.91. The lowest BCUT2D eigenvalue weighted by Gasteiger charge is -2.16. The minimum Gasteiger partial charge on any atom is -0.483 e. The molecule has 5 heteroatoms. The van der Waals surface area contributed by atoms with Crippen LogP contribution in [0, 0.1) is 0 Å². The number of nitrogens with one attached hydrogen (secondary N) is 2. The van der Waals surface area contributed by atoms with Crippen LogP contribution in [-0.4, -0.2) is 24.5 Å². The van der Waals surface area contributed by atoms with Crippen LogP contribution in [0.4, 0.5) is 5.69 Å². The maximum absolute atomic E-state index is 12.4. The number of benzene rings is 2. The van der Waals surface area contributed by atoms with Gasteiger partial charge in [0.15, 0.2) is 6.61 Å². The van der Waals surface area contributed by atoms with E-state index in [4.69, 9.17) is 4.74 Å². The third-order valence-electron chi connectivity index (χ3n) is 4.29. The molecule has 0 bridgehead atoms. The molecule has 1 atom stereocenters. The molecule has 2 rings (SSSR count). The molecular formula is C22H28N2O3. The number of rotatable bonds is 8. The van der Waals surface area contributed by atoms with Gasteiger partial charge in [0.1, 0.15) is 5.75 Å². The van der Waals surface area contributed by atoms with Crippen LogP contribution in [0.15, 0.2) is 48.5 Å². The van der Waals surface area contributed by atoms with E-state index in [1.54, 1.807) is 24.3 Å². The molecule has 0 aliphatic rings. The number of carbonyl (C=O) groups excluding carboxylic acids is 2. The van der Waals surface area contributed by atoms with Gasteiger partial charge < -0.3 is 15.4 Å². The van der Waals surface area contributed by atoms with E-state index in [1.807, 2.05) is 38.1 Å². The topological polar surface area (TPSA) is 67.4 Å². The van der Waals surface area contributed by atoms with E-state index in [0.717, 1.165) is 12.0 Å². The summed E-state index contributed by atoms with van der Waals surface area (Å²) in [7, 11) is 0. The number of hydrogen-bond donors (Lipinski definition) is 2. The largest absolute Gasteiger partial charge is 0.483 e. The van der Waals surface area contributed by atoms with E-state index in [-0.39, 0.29) is 24.5 Å². The second-order valence-corrected chi connectivity index (χ2v) is 6.86. The number of para-hydroxylation sites is 2. The molecule has 2 aromatic carbocycles. The predicted molar refractivity (Wildman–Crippen MR) is 108 cm³/mol. The van der Waals surface area contributed by atoms with E-state index < -0.39 is 0 Å². The molecule has 0 radical (unpaired) electrons. The first kappa shape index (κ1) is 20.5. The molecule has 144 valence electrons. The molecular weight excluding hydrogens is 340 g/mol. The van der Waals surface area contributed by atoms with Crippen molar-refractivity contribution in [1.29, 1.82) is 0 Å². The Morgan fingerprint density at radius 3 is 2.37 bits per heavy atom. The van der Waals surface area contributed by atoms with Crippen molar-refractivity contribution in [2.24, 2.45) is 0 Å². The summed E-state index contributed by atoms with van der Waals surface area (Å²) in [6.07, 6.45) is 0.991. The minimum atomic E-state index is -0.307. The van der Waals surface area contributed by atoms with Crippen molar-refractivity contribution in [3.05, 3.63) is 59.7 Å². The second kappa shape index (κ2) is 9.76. The van der Waals surface area contributed by atoms with Crippen LogP contribution >= 0.6 is 0 Å². The van der Waals surface area contributed by atoms with Gasteiger partial charge in [-0.15, -0.1) is 0 Å². The average molecular weight is 368 g/mol. The maximum Gasteiger partial charge on any atom is 0.262 e. The molecule has 0 aliphatic carbocycles. The predicted octanol–water partition coefficient (Wildman–Crippen LogP) is 4.36. The molecule has 1 unspecified atom stereocenters. The van der Waals surface area contributed by atoms with Crippen molar-refractivity contribution in [3.63, 3.8) is 0 Å². The molecule has 0 spiro atoms. The highest BCUT2D eigenvalue weighted by molar-refractivity contribution is 6.04. The van der Waals surface area contributed by atoms with Crippen LogP contribution < -0.4 is 15.4 Å². The Morgan fingerprint density at radius 1 is 1.00 bits per heavy atom. The normalized spacial score (nSPS) is 11.7. The number of ether oxygens (including phenoxy) is 1. The number of amides is 2. The molecule has 0 saturated carbocycles. The lowest BCUT2D eigenvalue weighted by atomic mass is 9.98. The summed E-state index contributed by atoms with van der Waals surface area (Å²) < 4.78 is 5.75. The highest BCUT2D eigenvalue weighted by Crippen LogP contribution is 2.28. The third kappa shape index (κ3) is 5.84. The van der Waals surface area contributed by atoms with Gasteiger partial charge in [-0.1, -0.05) is 44.2 Å². The minimum absolute atomic E-state index is 0.0154. The van der Waals surface area contributed by atoms with Crippen molar-refractivity contribution < 1.29 is 14.3 Å². The fraction of sp³-hybridized carbons (Fsp3) is 0.364. The Kier molecular flexibility index (Phi) is 7.41. The van der Waals surface area contributed by atoms with Gasteiger partial charge in [0.05, 0.1) is 11.3 Å². The highest BCUT2D eigenvalue weighted by atomic mass is 16.5. The van der Waals surface area contributed by atoms with E-state index in [9.17, 15) is 9.59 Å². The zero-order valence-electron chi connectivity index (χ0n) is 16.4. The highest BCUT2D eigenvalue weighted by Gasteiger charge is 2.15. The molecule has 2 aromatic rings. The molecule has 0 saturated heterocycles. The first-order valence-corrected chi connectivity index (χ1v) is 9.33. The fourth-order valence-corrected chi connectivity index (χ4v) is 2.70. The fourth-order valence-electron chi connectivity index (χ4n) is 2.70. The molecule has 0 aliphatic heterocycles. The molecule has 5 nitrogen and oxygen atoms in total. The van der Waals surface area contributed by atoms with Gasteiger partial charge in [-0.05, 0) is 49.9 Å². The second-order valence-electron chi connectivity index (χ2n) is 6.86. The maximum atomic E-state index is 12.4. The first-order chi connectivity index (χ1) is 12.9. The summed E-state index contributed by atoms with van der Waals surface area (Å²) in [5, 5.41) is 5.61. The van der Waals surface area contributed by atoms with Gasteiger partial charge >= 0.3 is 0 Å². The molecule has 0 aromatic heterocycles. The quantitative estimate of drug-likeness (QED) is 0.728. The van der Waals surface area contributed by atoms with Crippen molar-refractivity contribution in [3.8, 4) is 5.75 Å². The Balaban J connectivity index is 2.05. The summed E-state index contributed by atoms with van der Waals surface area (Å²) in [5.74, 6) is 0.542. The molecule has 0 fully saturated rings. The van der Waals surface area contributed by atoms with Gasteiger partial charge in [0.25, 0.3) is 11.8 Å². The van der Waals surface area contributed by atoms with Gasteiger partial charge in [-0.3, -0.25) is 9.59 Å². The summed E-state index contributed by atoms with van der Waals surface area (Å²) in [5.41, 5.74) is 1.99. The van der Waals surface area contributed by atoms with E-state index >= 15 is 0 Å². The molecule has 2 N–H and O–H groups in total. The van der Waals surface area contributed by atoms with Gasteiger partial charge in [-0.25, -0.2) is 0 Å². The van der Waals surface area contributed by atoms with Gasteiger partial charge in [0.2, 0.25) is 0 Å².